The van der Waals surface area contributed by atoms with E-state index in [9.17, 15) is 14.7 Å². The first-order chi connectivity index (χ1) is 19.5. The van der Waals surface area contributed by atoms with E-state index in [0.717, 1.165) is 5.56 Å². The molecule has 1 atom stereocenters. The highest BCUT2D eigenvalue weighted by Crippen LogP contribution is 2.45. The number of carbonyl (C=O) groups excluding carboxylic acids is 2. The van der Waals surface area contributed by atoms with Crippen molar-refractivity contribution in [3.05, 3.63) is 101 Å². The molecule has 9 nitrogen and oxygen atoms in total. The van der Waals surface area contributed by atoms with E-state index in [1.54, 1.807) is 48.0 Å². The molecule has 1 fully saturated rings. The van der Waals surface area contributed by atoms with Crippen LogP contribution in [0.25, 0.3) is 5.76 Å². The fourth-order valence-electron chi connectivity index (χ4n) is 4.74. The molecule has 0 saturated carbocycles. The minimum absolute atomic E-state index is 0.0723. The second-order valence-electron chi connectivity index (χ2n) is 9.03. The van der Waals surface area contributed by atoms with Crippen molar-refractivity contribution < 1.29 is 33.6 Å². The van der Waals surface area contributed by atoms with E-state index in [0.29, 0.717) is 59.1 Å². The van der Waals surface area contributed by atoms with Crippen molar-refractivity contribution in [2.75, 3.05) is 25.2 Å². The number of benzene rings is 3. The molecule has 6 rings (SSSR count). The fourth-order valence-corrected chi connectivity index (χ4v) is 5.40. The van der Waals surface area contributed by atoms with E-state index >= 15 is 0 Å². The highest BCUT2D eigenvalue weighted by molar-refractivity contribution is 7.14. The molecule has 1 aromatic heterocycles. The van der Waals surface area contributed by atoms with E-state index in [1.165, 1.54) is 23.3 Å². The average Bonchev–Trinajstić information content (AvgIpc) is 3.62. The summed E-state index contributed by atoms with van der Waals surface area (Å²) in [7, 11) is 1.52. The van der Waals surface area contributed by atoms with Gasteiger partial charge in [0, 0.05) is 17.1 Å². The summed E-state index contributed by atoms with van der Waals surface area (Å²) in [6.45, 7) is 1.12. The summed E-state index contributed by atoms with van der Waals surface area (Å²) in [6.07, 6.45) is 1.55. The van der Waals surface area contributed by atoms with Gasteiger partial charge in [-0.25, -0.2) is 4.98 Å². The van der Waals surface area contributed by atoms with Gasteiger partial charge < -0.3 is 24.1 Å². The molecule has 1 saturated heterocycles. The summed E-state index contributed by atoms with van der Waals surface area (Å²) >= 11 is 1.22. The van der Waals surface area contributed by atoms with Crippen LogP contribution < -0.4 is 23.8 Å². The van der Waals surface area contributed by atoms with Crippen molar-refractivity contribution >= 4 is 33.9 Å². The molecular formula is C30H24N2O7S. The number of aliphatic hydroxyl groups excluding tert-OH is 1. The number of nitrogens with zero attached hydrogens (tertiary/aromatic N) is 2. The van der Waals surface area contributed by atoms with Crippen LogP contribution in [0, 0.1) is 0 Å². The van der Waals surface area contributed by atoms with Crippen LogP contribution in [0.2, 0.25) is 0 Å². The summed E-state index contributed by atoms with van der Waals surface area (Å²) in [5.41, 5.74) is 1.78. The molecule has 1 amide bonds. The number of ether oxygens (including phenoxy) is 4. The van der Waals surface area contributed by atoms with Gasteiger partial charge in [-0.05, 0) is 41.5 Å². The van der Waals surface area contributed by atoms with E-state index < -0.39 is 17.7 Å². The number of thiazole rings is 1. The zero-order chi connectivity index (χ0) is 27.6. The van der Waals surface area contributed by atoms with Gasteiger partial charge >= 0.3 is 5.91 Å². The van der Waals surface area contributed by atoms with Crippen LogP contribution >= 0.6 is 11.3 Å². The molecule has 40 heavy (non-hydrogen) atoms. The maximum Gasteiger partial charge on any atom is 0.301 e. The van der Waals surface area contributed by atoms with Crippen molar-refractivity contribution in [3.63, 3.8) is 0 Å². The number of hydrogen-bond donors (Lipinski definition) is 1. The van der Waals surface area contributed by atoms with Crippen molar-refractivity contribution in [3.8, 4) is 23.0 Å². The molecule has 0 bridgehead atoms. The first-order valence-electron chi connectivity index (χ1n) is 12.5. The Balaban J connectivity index is 1.43. The lowest BCUT2D eigenvalue weighted by Gasteiger charge is -2.24. The lowest BCUT2D eigenvalue weighted by molar-refractivity contribution is -0.132. The maximum absolute atomic E-state index is 13.4. The Morgan fingerprint density at radius 3 is 2.58 bits per heavy atom. The highest BCUT2D eigenvalue weighted by Gasteiger charge is 2.48. The zero-order valence-corrected chi connectivity index (χ0v) is 22.2. The number of ketones is 1. The van der Waals surface area contributed by atoms with Gasteiger partial charge in [0.25, 0.3) is 5.78 Å². The number of aliphatic hydroxyl groups is 1. The summed E-state index contributed by atoms with van der Waals surface area (Å²) in [4.78, 5) is 32.4. The van der Waals surface area contributed by atoms with Crippen LogP contribution in [-0.4, -0.2) is 42.1 Å². The van der Waals surface area contributed by atoms with Crippen molar-refractivity contribution in [1.82, 2.24) is 4.98 Å². The number of hydrogen-bond acceptors (Lipinski definition) is 9. The Bertz CT molecular complexity index is 1600. The fraction of sp³-hybridized carbons (Fsp3) is 0.167. The topological polar surface area (TPSA) is 107 Å². The van der Waals surface area contributed by atoms with Crippen LogP contribution in [0.5, 0.6) is 23.0 Å². The van der Waals surface area contributed by atoms with Crippen LogP contribution in [0.1, 0.15) is 22.7 Å². The Hall–Kier alpha value is -4.83. The van der Waals surface area contributed by atoms with Gasteiger partial charge in [-0.1, -0.05) is 36.4 Å². The van der Waals surface area contributed by atoms with Gasteiger partial charge in [-0.15, -0.1) is 11.3 Å². The van der Waals surface area contributed by atoms with Crippen LogP contribution in [0.3, 0.4) is 0 Å². The molecule has 10 heteroatoms. The summed E-state index contributed by atoms with van der Waals surface area (Å²) in [6, 6.07) is 18.8. The predicted molar refractivity (Wildman–Crippen MR) is 148 cm³/mol. The summed E-state index contributed by atoms with van der Waals surface area (Å²) in [5.74, 6) is -0.0484. The number of rotatable bonds is 7. The first-order valence-corrected chi connectivity index (χ1v) is 13.4. The van der Waals surface area contributed by atoms with Crippen LogP contribution in [0.15, 0.2) is 83.9 Å². The number of carbonyl (C=O) groups is 2. The number of anilines is 1. The molecule has 2 aliphatic rings. The molecule has 202 valence electrons. The van der Waals surface area contributed by atoms with Gasteiger partial charge in [0.15, 0.2) is 28.1 Å². The molecule has 2 aliphatic heterocycles. The number of fused-ring (bicyclic) bond motifs is 1. The minimum Gasteiger partial charge on any atom is -0.507 e. The normalized spacial score (nSPS) is 17.6. The number of aromatic nitrogens is 1. The van der Waals surface area contributed by atoms with Crippen molar-refractivity contribution in [1.29, 1.82) is 0 Å². The molecule has 0 aliphatic carbocycles. The van der Waals surface area contributed by atoms with Gasteiger partial charge in [-0.3, -0.25) is 14.5 Å². The smallest absolute Gasteiger partial charge is 0.301 e. The van der Waals surface area contributed by atoms with E-state index in [1.807, 2.05) is 30.3 Å². The number of methoxy groups -OCH3 is 1. The van der Waals surface area contributed by atoms with Gasteiger partial charge in [0.2, 0.25) is 0 Å². The third-order valence-electron chi connectivity index (χ3n) is 6.63. The van der Waals surface area contributed by atoms with Crippen molar-refractivity contribution in [2.24, 2.45) is 0 Å². The van der Waals surface area contributed by atoms with E-state index in [4.69, 9.17) is 18.9 Å². The third-order valence-corrected chi connectivity index (χ3v) is 7.40. The molecule has 1 unspecified atom stereocenters. The molecule has 3 aromatic carbocycles. The predicted octanol–water partition coefficient (Wildman–Crippen LogP) is 5.13. The van der Waals surface area contributed by atoms with Gasteiger partial charge in [0.1, 0.15) is 25.6 Å². The third kappa shape index (κ3) is 4.62. The van der Waals surface area contributed by atoms with Gasteiger partial charge in [-0.2, -0.15) is 0 Å². The zero-order valence-electron chi connectivity index (χ0n) is 21.4. The maximum atomic E-state index is 13.4. The first kappa shape index (κ1) is 25.4. The number of Topliss-reactive ketones (excluding diaryl/α,β-unsaturated/α-hetero) is 1. The summed E-state index contributed by atoms with van der Waals surface area (Å²) < 4.78 is 22.9. The molecule has 3 heterocycles. The van der Waals surface area contributed by atoms with E-state index in [2.05, 4.69) is 4.98 Å². The van der Waals surface area contributed by atoms with E-state index in [-0.39, 0.29) is 11.3 Å². The van der Waals surface area contributed by atoms with Crippen molar-refractivity contribution in [2.45, 2.75) is 12.6 Å². The standard InChI is InChI=1S/C30H24N2O7S/c1-36-23-15-19(7-9-21(23)39-17-18-5-3-2-4-6-18)26-25(28(34)29(35)32(26)30-31-11-14-40-30)27(33)20-8-10-22-24(16-20)38-13-12-37-22/h2-11,14-16,26,33H,12-13,17H2,1H3. The van der Waals surface area contributed by atoms with Crippen LogP contribution in [0.4, 0.5) is 5.13 Å². The second-order valence-corrected chi connectivity index (χ2v) is 9.90. The molecule has 0 spiro atoms. The molecule has 1 N–H and O–H groups in total. The Kier molecular flexibility index (Phi) is 6.83. The van der Waals surface area contributed by atoms with Crippen LogP contribution in [-0.2, 0) is 16.2 Å². The average molecular weight is 557 g/mol. The monoisotopic (exact) mass is 556 g/mol. The largest absolute Gasteiger partial charge is 0.507 e. The lowest BCUT2D eigenvalue weighted by atomic mass is 9.95. The Morgan fingerprint density at radius 1 is 1.02 bits per heavy atom. The lowest BCUT2D eigenvalue weighted by Crippen LogP contribution is -2.29. The number of amides is 1. The minimum atomic E-state index is -0.962. The quantitative estimate of drug-likeness (QED) is 0.190. The Labute approximate surface area is 233 Å². The van der Waals surface area contributed by atoms with Gasteiger partial charge in [0.05, 0.1) is 18.7 Å². The molecular weight excluding hydrogens is 532 g/mol. The molecule has 4 aromatic rings. The second kappa shape index (κ2) is 10.7. The Morgan fingerprint density at radius 2 is 1.82 bits per heavy atom. The SMILES string of the molecule is COc1cc(C2C(=C(O)c3ccc4c(c3)OCCO4)C(=O)C(=O)N2c2nccs2)ccc1OCc1ccccc1. The summed E-state index contributed by atoms with van der Waals surface area (Å²) in [5, 5.41) is 13.5. The highest BCUT2D eigenvalue weighted by atomic mass is 32.1. The molecule has 0 radical (unpaired) electrons.